The van der Waals surface area contributed by atoms with Crippen LogP contribution in [-0.4, -0.2) is 35.2 Å². The Balaban J connectivity index is 1.79. The van der Waals surface area contributed by atoms with Crippen LogP contribution in [0.2, 0.25) is 0 Å². The molecule has 4 unspecified atom stereocenters. The van der Waals surface area contributed by atoms with Gasteiger partial charge in [-0.05, 0) is 36.7 Å². The van der Waals surface area contributed by atoms with Crippen LogP contribution < -0.4 is 0 Å². The number of carbonyl (C=O) groups excluding carboxylic acids is 1. The molecule has 4 atom stereocenters. The first-order valence-corrected chi connectivity index (χ1v) is 9.49. The predicted molar refractivity (Wildman–Crippen MR) is 96.4 cm³/mol. The van der Waals surface area contributed by atoms with Gasteiger partial charge in [-0.2, -0.15) is 0 Å². The first kappa shape index (κ1) is 14.9. The number of benzene rings is 1. The highest BCUT2D eigenvalue weighted by Crippen LogP contribution is 2.66. The van der Waals surface area contributed by atoms with Crippen LogP contribution in [0.15, 0.2) is 36.5 Å². The van der Waals surface area contributed by atoms with E-state index in [1.54, 1.807) is 0 Å². The smallest absolute Gasteiger partial charge is 0.360 e. The molecule has 1 fully saturated rings. The zero-order valence-corrected chi connectivity index (χ0v) is 15.1. The molecular weight excluding hydrogens is 328 g/mol. The molecule has 0 amide bonds. The summed E-state index contributed by atoms with van der Waals surface area (Å²) in [5.74, 6) is -0.285. The number of hydrogen-bond donors (Lipinski definition) is 0. The third-order valence-electron chi connectivity index (χ3n) is 7.21. The quantitative estimate of drug-likeness (QED) is 0.781. The minimum Gasteiger partial charge on any atom is -0.465 e. The second kappa shape index (κ2) is 4.52. The average Bonchev–Trinajstić information content (AvgIpc) is 3.19. The highest BCUT2D eigenvalue weighted by molar-refractivity contribution is 5.90. The van der Waals surface area contributed by atoms with Crippen LogP contribution in [0.5, 0.6) is 0 Å². The van der Waals surface area contributed by atoms with Crippen LogP contribution in [0, 0.1) is 5.41 Å². The molecule has 0 radical (unpaired) electrons. The number of ether oxygens (including phenoxy) is 2. The summed E-state index contributed by atoms with van der Waals surface area (Å²) in [6.45, 7) is 3.25. The fourth-order valence-electron chi connectivity index (χ4n) is 6.17. The van der Waals surface area contributed by atoms with Crippen LogP contribution in [0.25, 0.3) is 10.9 Å². The number of rotatable bonds is 2. The fraction of sp³-hybridized carbons (Fsp3) is 0.476. The summed E-state index contributed by atoms with van der Waals surface area (Å²) in [5.41, 5.74) is 2.59. The Morgan fingerprint density at radius 2 is 2.23 bits per heavy atom. The molecule has 4 aliphatic heterocycles. The van der Waals surface area contributed by atoms with Gasteiger partial charge in [-0.15, -0.1) is 0 Å². The zero-order chi connectivity index (χ0) is 17.7. The van der Waals surface area contributed by atoms with Crippen LogP contribution in [-0.2, 0) is 26.4 Å². The summed E-state index contributed by atoms with van der Waals surface area (Å²) >= 11 is 0. The molecule has 5 heteroatoms. The first-order chi connectivity index (χ1) is 12.7. The largest absolute Gasteiger partial charge is 0.465 e. The average molecular weight is 350 g/mol. The van der Waals surface area contributed by atoms with Crippen molar-refractivity contribution in [3.8, 4) is 0 Å². The van der Waals surface area contributed by atoms with Crippen molar-refractivity contribution in [2.24, 2.45) is 5.41 Å². The monoisotopic (exact) mass is 350 g/mol. The Morgan fingerprint density at radius 3 is 3.04 bits per heavy atom. The summed E-state index contributed by atoms with van der Waals surface area (Å²) in [4.78, 5) is 15.6. The van der Waals surface area contributed by atoms with Crippen molar-refractivity contribution in [3.63, 3.8) is 0 Å². The topological polar surface area (TPSA) is 43.7 Å². The van der Waals surface area contributed by atoms with Gasteiger partial charge in [0.1, 0.15) is 0 Å². The number of methoxy groups -OCH3 is 1. The van der Waals surface area contributed by atoms with E-state index in [-0.39, 0.29) is 23.5 Å². The Labute approximate surface area is 152 Å². The first-order valence-electron chi connectivity index (χ1n) is 9.49. The number of para-hydroxylation sites is 1. The molecular formula is C21H22N2O3. The Bertz CT molecular complexity index is 993. The summed E-state index contributed by atoms with van der Waals surface area (Å²) in [7, 11) is 1.47. The fourth-order valence-corrected chi connectivity index (χ4v) is 6.17. The van der Waals surface area contributed by atoms with Gasteiger partial charge in [0.2, 0.25) is 5.72 Å². The van der Waals surface area contributed by atoms with Crippen molar-refractivity contribution >= 4 is 16.9 Å². The number of carbonyl (C=O) groups is 1. The van der Waals surface area contributed by atoms with Crippen molar-refractivity contribution in [1.82, 2.24) is 9.47 Å². The number of aromatic nitrogens is 1. The van der Waals surface area contributed by atoms with Gasteiger partial charge in [-0.3, -0.25) is 0 Å². The SMILES string of the molecule is CCC12CC3(C(=O)OC)OC1C=CN1CCc4c(n3c3ccccc43)C12. The molecule has 0 aliphatic carbocycles. The lowest BCUT2D eigenvalue weighted by Gasteiger charge is -2.52. The third kappa shape index (κ3) is 1.36. The van der Waals surface area contributed by atoms with E-state index in [2.05, 4.69) is 46.9 Å². The number of nitrogens with zero attached hydrogens (tertiary/aromatic N) is 2. The summed E-state index contributed by atoms with van der Waals surface area (Å²) in [5, 5.41) is 1.25. The Hall–Kier alpha value is -2.27. The minimum atomic E-state index is -1.06. The van der Waals surface area contributed by atoms with Gasteiger partial charge >= 0.3 is 5.97 Å². The molecule has 2 aromatic rings. The van der Waals surface area contributed by atoms with Gasteiger partial charge in [0, 0.05) is 29.5 Å². The molecule has 1 aromatic heterocycles. The molecule has 1 aromatic carbocycles. The highest BCUT2D eigenvalue weighted by Gasteiger charge is 2.70. The lowest BCUT2D eigenvalue weighted by molar-refractivity contribution is -0.180. The van der Waals surface area contributed by atoms with Crippen molar-refractivity contribution in [2.45, 2.75) is 44.1 Å². The lowest BCUT2D eigenvalue weighted by atomic mass is 9.64. The molecule has 5 nitrogen and oxygen atoms in total. The number of fused-ring (bicyclic) bond motifs is 5. The maximum Gasteiger partial charge on any atom is 0.360 e. The van der Waals surface area contributed by atoms with E-state index >= 15 is 0 Å². The third-order valence-corrected chi connectivity index (χ3v) is 7.21. The van der Waals surface area contributed by atoms with Crippen LogP contribution >= 0.6 is 0 Å². The van der Waals surface area contributed by atoms with Gasteiger partial charge < -0.3 is 18.9 Å². The van der Waals surface area contributed by atoms with Crippen molar-refractivity contribution in [1.29, 1.82) is 0 Å². The standard InChI is InChI=1S/C21H22N2O3/c1-3-20-12-21(19(24)25-2)23-15-7-5-4-6-13(15)14-8-10-22(18(20)17(14)23)11-9-16(20)26-21/h4-7,9,11,16,18H,3,8,10,12H2,1-2H3. The molecule has 6 rings (SSSR count). The molecule has 26 heavy (non-hydrogen) atoms. The van der Waals surface area contributed by atoms with Crippen LogP contribution in [0.3, 0.4) is 0 Å². The molecule has 0 N–H and O–H groups in total. The molecule has 0 spiro atoms. The van der Waals surface area contributed by atoms with E-state index in [9.17, 15) is 4.79 Å². The van der Waals surface area contributed by atoms with E-state index in [0.717, 1.165) is 24.9 Å². The van der Waals surface area contributed by atoms with Crippen molar-refractivity contribution in [3.05, 3.63) is 47.8 Å². The lowest BCUT2D eigenvalue weighted by Crippen LogP contribution is -2.54. The van der Waals surface area contributed by atoms with E-state index in [4.69, 9.17) is 9.47 Å². The Morgan fingerprint density at radius 1 is 1.38 bits per heavy atom. The molecule has 4 aliphatic rings. The normalized spacial score (nSPS) is 35.8. The second-order valence-electron chi connectivity index (χ2n) is 8.03. The number of esters is 1. The minimum absolute atomic E-state index is 0.0579. The summed E-state index contributed by atoms with van der Waals surface area (Å²) < 4.78 is 14.1. The van der Waals surface area contributed by atoms with E-state index in [1.165, 1.54) is 23.8 Å². The maximum absolute atomic E-state index is 13.1. The highest BCUT2D eigenvalue weighted by atomic mass is 16.6. The summed E-state index contributed by atoms with van der Waals surface area (Å²) in [6, 6.07) is 8.68. The molecule has 0 saturated carbocycles. The maximum atomic E-state index is 13.1. The van der Waals surface area contributed by atoms with Crippen molar-refractivity contribution in [2.75, 3.05) is 13.7 Å². The molecule has 2 bridgehead atoms. The molecule has 5 heterocycles. The van der Waals surface area contributed by atoms with E-state index < -0.39 is 5.72 Å². The van der Waals surface area contributed by atoms with Gasteiger partial charge in [0.15, 0.2) is 0 Å². The van der Waals surface area contributed by atoms with Gasteiger partial charge in [0.05, 0.1) is 24.8 Å². The van der Waals surface area contributed by atoms with E-state index in [0.29, 0.717) is 6.42 Å². The van der Waals surface area contributed by atoms with Crippen molar-refractivity contribution < 1.29 is 14.3 Å². The summed E-state index contributed by atoms with van der Waals surface area (Å²) in [6.07, 6.45) is 6.92. The van der Waals surface area contributed by atoms with E-state index in [1.807, 2.05) is 6.07 Å². The Kier molecular flexibility index (Phi) is 2.58. The van der Waals surface area contributed by atoms with Crippen LogP contribution in [0.1, 0.15) is 37.1 Å². The van der Waals surface area contributed by atoms with Gasteiger partial charge in [-0.1, -0.05) is 25.1 Å². The number of hydrogen-bond acceptors (Lipinski definition) is 4. The van der Waals surface area contributed by atoms with Gasteiger partial charge in [0.25, 0.3) is 0 Å². The molecule has 134 valence electrons. The zero-order valence-electron chi connectivity index (χ0n) is 15.1. The van der Waals surface area contributed by atoms with Crippen LogP contribution in [0.4, 0.5) is 0 Å². The second-order valence-corrected chi connectivity index (χ2v) is 8.03. The predicted octanol–water partition coefficient (Wildman–Crippen LogP) is 3.09. The van der Waals surface area contributed by atoms with Gasteiger partial charge in [-0.25, -0.2) is 4.79 Å². The molecule has 1 saturated heterocycles.